The van der Waals surface area contributed by atoms with Crippen molar-refractivity contribution in [3.8, 4) is 0 Å². The van der Waals surface area contributed by atoms with Crippen LogP contribution in [0, 0.1) is 0 Å². The third-order valence-corrected chi connectivity index (χ3v) is 3.45. The Labute approximate surface area is 124 Å². The minimum Gasteiger partial charge on any atom is -0.339 e. The van der Waals surface area contributed by atoms with Crippen LogP contribution in [0.25, 0.3) is 0 Å². The van der Waals surface area contributed by atoms with Gasteiger partial charge in [0.05, 0.1) is 13.1 Å². The summed E-state index contributed by atoms with van der Waals surface area (Å²) in [6, 6.07) is -0.242. The summed E-state index contributed by atoms with van der Waals surface area (Å²) in [5.74, 6) is -0.391. The van der Waals surface area contributed by atoms with Gasteiger partial charge in [-0.05, 0) is 19.9 Å². The summed E-state index contributed by atoms with van der Waals surface area (Å²) < 4.78 is 0. The molecule has 0 unspecified atom stereocenters. The van der Waals surface area contributed by atoms with Crippen LogP contribution in [0.2, 0.25) is 0 Å². The van der Waals surface area contributed by atoms with Gasteiger partial charge in [-0.3, -0.25) is 19.8 Å². The normalized spacial score (nSPS) is 18.5. The number of hydrogen-bond donors (Lipinski definition) is 3. The van der Waals surface area contributed by atoms with Crippen molar-refractivity contribution in [3.63, 3.8) is 0 Å². The first-order valence-corrected chi connectivity index (χ1v) is 7.32. The predicted molar refractivity (Wildman–Crippen MR) is 76.6 cm³/mol. The van der Waals surface area contributed by atoms with Gasteiger partial charge in [-0.15, -0.1) is 0 Å². The molecule has 0 atom stereocenters. The lowest BCUT2D eigenvalue weighted by molar-refractivity contribution is -0.133. The van der Waals surface area contributed by atoms with Crippen molar-refractivity contribution < 1.29 is 14.4 Å². The molecule has 118 valence electrons. The molecule has 4 amide bonds. The van der Waals surface area contributed by atoms with Gasteiger partial charge in [-0.2, -0.15) is 0 Å². The highest BCUT2D eigenvalue weighted by molar-refractivity contribution is 5.95. The molecule has 2 rings (SSSR count). The molecule has 8 nitrogen and oxygen atoms in total. The van der Waals surface area contributed by atoms with E-state index < -0.39 is 11.9 Å². The van der Waals surface area contributed by atoms with Gasteiger partial charge in [-0.1, -0.05) is 0 Å². The van der Waals surface area contributed by atoms with Crippen LogP contribution in [-0.4, -0.2) is 80.0 Å². The van der Waals surface area contributed by atoms with Gasteiger partial charge in [0.1, 0.15) is 0 Å². The monoisotopic (exact) mass is 297 g/mol. The zero-order chi connectivity index (χ0) is 15.2. The van der Waals surface area contributed by atoms with Crippen molar-refractivity contribution in [3.05, 3.63) is 0 Å². The Morgan fingerprint density at radius 1 is 1.19 bits per heavy atom. The van der Waals surface area contributed by atoms with Crippen LogP contribution in [0.3, 0.4) is 0 Å². The van der Waals surface area contributed by atoms with E-state index in [1.165, 1.54) is 0 Å². The fourth-order valence-electron chi connectivity index (χ4n) is 2.16. The maximum absolute atomic E-state index is 12.0. The summed E-state index contributed by atoms with van der Waals surface area (Å²) in [7, 11) is 1.69. The van der Waals surface area contributed by atoms with Crippen molar-refractivity contribution >= 4 is 17.8 Å². The maximum Gasteiger partial charge on any atom is 0.321 e. The largest absolute Gasteiger partial charge is 0.339 e. The molecule has 1 aliphatic carbocycles. The Kier molecular flexibility index (Phi) is 5.51. The molecule has 8 heteroatoms. The van der Waals surface area contributed by atoms with E-state index in [4.69, 9.17) is 0 Å². The number of piperazine rings is 1. The molecule has 0 spiro atoms. The summed E-state index contributed by atoms with van der Waals surface area (Å²) in [6.45, 7) is 3.20. The lowest BCUT2D eigenvalue weighted by Gasteiger charge is -2.29. The minimum atomic E-state index is -0.454. The molecule has 0 aromatic rings. The van der Waals surface area contributed by atoms with E-state index in [-0.39, 0.29) is 25.0 Å². The van der Waals surface area contributed by atoms with Crippen LogP contribution < -0.4 is 16.0 Å². The molecule has 0 aromatic heterocycles. The summed E-state index contributed by atoms with van der Waals surface area (Å²) in [4.78, 5) is 38.5. The number of urea groups is 1. The second-order valence-electron chi connectivity index (χ2n) is 5.60. The zero-order valence-electron chi connectivity index (χ0n) is 12.4. The second-order valence-corrected chi connectivity index (χ2v) is 5.60. The van der Waals surface area contributed by atoms with Crippen LogP contribution in [-0.2, 0) is 9.59 Å². The van der Waals surface area contributed by atoms with Gasteiger partial charge < -0.3 is 15.5 Å². The Hall–Kier alpha value is -1.67. The fraction of sp³-hybridized carbons (Fsp3) is 0.769. The number of rotatable bonds is 5. The first-order chi connectivity index (χ1) is 10.0. The second kappa shape index (κ2) is 7.37. The van der Waals surface area contributed by atoms with Gasteiger partial charge in [-0.25, -0.2) is 4.79 Å². The highest BCUT2D eigenvalue weighted by Crippen LogP contribution is 2.18. The van der Waals surface area contributed by atoms with Crippen molar-refractivity contribution in [2.45, 2.75) is 18.9 Å². The number of carbonyl (C=O) groups is 3. The van der Waals surface area contributed by atoms with Crippen LogP contribution in [0.4, 0.5) is 4.79 Å². The number of likely N-dealkylation sites (N-methyl/N-ethyl adjacent to an activating group) is 1. The topological polar surface area (TPSA) is 93.8 Å². The Morgan fingerprint density at radius 3 is 2.48 bits per heavy atom. The average molecular weight is 297 g/mol. The van der Waals surface area contributed by atoms with Gasteiger partial charge in [0.25, 0.3) is 0 Å². The molecule has 0 aromatic carbocycles. The van der Waals surface area contributed by atoms with Gasteiger partial charge in [0.2, 0.25) is 11.8 Å². The van der Waals surface area contributed by atoms with Crippen molar-refractivity contribution in [1.29, 1.82) is 0 Å². The predicted octanol–water partition coefficient (Wildman–Crippen LogP) is -1.66. The molecule has 1 aliphatic heterocycles. The molecule has 1 saturated carbocycles. The quantitative estimate of drug-likeness (QED) is 0.565. The van der Waals surface area contributed by atoms with E-state index in [0.29, 0.717) is 13.1 Å². The molecule has 3 N–H and O–H groups in total. The highest BCUT2D eigenvalue weighted by Gasteiger charge is 2.24. The van der Waals surface area contributed by atoms with Crippen LogP contribution in [0.15, 0.2) is 0 Å². The van der Waals surface area contributed by atoms with Crippen molar-refractivity contribution in [1.82, 2.24) is 25.8 Å². The number of carbonyl (C=O) groups excluding carboxylic acids is 3. The summed E-state index contributed by atoms with van der Waals surface area (Å²) >= 11 is 0. The third-order valence-electron chi connectivity index (χ3n) is 3.45. The van der Waals surface area contributed by atoms with Crippen LogP contribution in [0.5, 0.6) is 0 Å². The standard InChI is InChI=1S/C13H23N5O3/c1-17(9-12(20)18-6-4-14-5-7-18)8-11(19)16-13(21)15-10-2-3-10/h10,14H,2-9H2,1H3,(H2,15,16,19,21). The van der Waals surface area contributed by atoms with Gasteiger partial charge in [0.15, 0.2) is 0 Å². The highest BCUT2D eigenvalue weighted by atomic mass is 16.2. The molecule has 2 aliphatic rings. The summed E-state index contributed by atoms with van der Waals surface area (Å²) in [5.41, 5.74) is 0. The lowest BCUT2D eigenvalue weighted by Crippen LogP contribution is -2.50. The molecular weight excluding hydrogens is 274 g/mol. The van der Waals surface area contributed by atoms with E-state index in [1.807, 2.05) is 0 Å². The maximum atomic E-state index is 12.0. The van der Waals surface area contributed by atoms with E-state index >= 15 is 0 Å². The van der Waals surface area contributed by atoms with E-state index in [9.17, 15) is 14.4 Å². The zero-order valence-corrected chi connectivity index (χ0v) is 12.4. The fourth-order valence-corrected chi connectivity index (χ4v) is 2.16. The molecule has 2 fully saturated rings. The Balaban J connectivity index is 1.65. The van der Waals surface area contributed by atoms with E-state index in [2.05, 4.69) is 16.0 Å². The number of amides is 4. The summed E-state index contributed by atoms with van der Waals surface area (Å²) in [6.07, 6.45) is 1.95. The smallest absolute Gasteiger partial charge is 0.321 e. The molecule has 1 saturated heterocycles. The van der Waals surface area contributed by atoms with Crippen molar-refractivity contribution in [2.24, 2.45) is 0 Å². The van der Waals surface area contributed by atoms with E-state index in [0.717, 1.165) is 25.9 Å². The molecule has 21 heavy (non-hydrogen) atoms. The number of nitrogens with zero attached hydrogens (tertiary/aromatic N) is 2. The van der Waals surface area contributed by atoms with Crippen LogP contribution >= 0.6 is 0 Å². The first kappa shape index (κ1) is 15.7. The Morgan fingerprint density at radius 2 is 1.86 bits per heavy atom. The molecule has 0 radical (unpaired) electrons. The van der Waals surface area contributed by atoms with Crippen LogP contribution in [0.1, 0.15) is 12.8 Å². The lowest BCUT2D eigenvalue weighted by atomic mass is 10.3. The first-order valence-electron chi connectivity index (χ1n) is 7.32. The summed E-state index contributed by atoms with van der Waals surface area (Å²) in [5, 5.41) is 8.13. The number of hydrogen-bond acceptors (Lipinski definition) is 5. The average Bonchev–Trinajstić information content (AvgIpc) is 3.22. The van der Waals surface area contributed by atoms with Gasteiger partial charge >= 0.3 is 6.03 Å². The number of imide groups is 1. The van der Waals surface area contributed by atoms with E-state index in [1.54, 1.807) is 16.8 Å². The SMILES string of the molecule is CN(CC(=O)NC(=O)NC1CC1)CC(=O)N1CCNCC1. The molecule has 1 heterocycles. The van der Waals surface area contributed by atoms with Crippen molar-refractivity contribution in [2.75, 3.05) is 46.3 Å². The van der Waals surface area contributed by atoms with Gasteiger partial charge in [0, 0.05) is 32.2 Å². The number of nitrogens with one attached hydrogen (secondary N) is 3. The third kappa shape index (κ3) is 5.68. The molecular formula is C13H23N5O3. The minimum absolute atomic E-state index is 0.00855. The molecule has 0 bridgehead atoms. The Bertz CT molecular complexity index is 405.